The second kappa shape index (κ2) is 5.19. The van der Waals surface area contributed by atoms with Gasteiger partial charge in [-0.1, -0.05) is 28.9 Å². The molecule has 0 aliphatic rings. The molecule has 0 spiro atoms. The summed E-state index contributed by atoms with van der Waals surface area (Å²) in [5.41, 5.74) is -0.807. The van der Waals surface area contributed by atoms with Gasteiger partial charge in [-0.15, -0.1) is 4.91 Å². The molecule has 0 heterocycles. The summed E-state index contributed by atoms with van der Waals surface area (Å²) >= 11 is 5.41. The van der Waals surface area contributed by atoms with Crippen molar-refractivity contribution in [3.8, 4) is 0 Å². The number of benzene rings is 1. The number of alkyl halides is 7. The Balaban J connectivity index is 3.29. The molecular weight excluding hydrogens is 319 g/mol. The van der Waals surface area contributed by atoms with Crippen LogP contribution in [0.25, 0.3) is 0 Å². The molecule has 1 rings (SSSR count). The topological polar surface area (TPSA) is 29.4 Å². The number of nitroso groups, excluding NO2 is 1. The molecule has 0 fully saturated rings. The monoisotopic (exact) mass is 323 g/mol. The van der Waals surface area contributed by atoms with Crippen molar-refractivity contribution in [1.29, 1.82) is 0 Å². The van der Waals surface area contributed by atoms with Gasteiger partial charge < -0.3 is 0 Å². The average Bonchev–Trinajstić information content (AvgIpc) is 2.30. The average molecular weight is 324 g/mol. The lowest BCUT2D eigenvalue weighted by molar-refractivity contribution is -0.359. The second-order valence-electron chi connectivity index (χ2n) is 3.75. The molecular formula is C10H5ClF7NO. The van der Waals surface area contributed by atoms with Gasteiger partial charge in [0, 0.05) is 5.02 Å². The zero-order valence-electron chi connectivity index (χ0n) is 9.27. The van der Waals surface area contributed by atoms with Crippen LogP contribution in [0, 0.1) is 4.91 Å². The minimum atomic E-state index is -6.52. The predicted molar refractivity (Wildman–Crippen MR) is 55.9 cm³/mol. The molecule has 0 aromatic heterocycles. The third-order valence-electron chi connectivity index (χ3n) is 2.41. The van der Waals surface area contributed by atoms with Gasteiger partial charge in [-0.3, -0.25) is 0 Å². The molecule has 112 valence electrons. The van der Waals surface area contributed by atoms with Crippen molar-refractivity contribution in [2.45, 2.75) is 24.1 Å². The van der Waals surface area contributed by atoms with E-state index in [2.05, 4.69) is 0 Å². The molecule has 0 amide bonds. The van der Waals surface area contributed by atoms with Crippen molar-refractivity contribution in [1.82, 2.24) is 0 Å². The first-order chi connectivity index (χ1) is 8.95. The van der Waals surface area contributed by atoms with Gasteiger partial charge in [0.15, 0.2) is 6.04 Å². The summed E-state index contributed by atoms with van der Waals surface area (Å²) in [4.78, 5) is 10.3. The molecule has 0 aliphatic carbocycles. The zero-order chi connectivity index (χ0) is 15.8. The third-order valence-corrected chi connectivity index (χ3v) is 2.66. The Hall–Kier alpha value is -1.38. The third kappa shape index (κ3) is 2.72. The van der Waals surface area contributed by atoms with E-state index in [1.807, 2.05) is 0 Å². The minimum Gasteiger partial charge on any atom is -0.196 e. The lowest BCUT2D eigenvalue weighted by atomic mass is 9.96. The van der Waals surface area contributed by atoms with Crippen LogP contribution in [0.4, 0.5) is 30.7 Å². The highest BCUT2D eigenvalue weighted by Crippen LogP contribution is 2.52. The van der Waals surface area contributed by atoms with Crippen molar-refractivity contribution in [2.24, 2.45) is 5.18 Å². The maximum absolute atomic E-state index is 13.4. The second-order valence-corrected chi connectivity index (χ2v) is 4.19. The normalized spacial score (nSPS) is 15.0. The van der Waals surface area contributed by atoms with Crippen molar-refractivity contribution < 1.29 is 30.7 Å². The molecule has 0 aliphatic heterocycles. The Morgan fingerprint density at radius 3 is 1.75 bits per heavy atom. The van der Waals surface area contributed by atoms with Crippen LogP contribution in [0.2, 0.25) is 5.02 Å². The number of halogens is 8. The Morgan fingerprint density at radius 2 is 1.40 bits per heavy atom. The van der Waals surface area contributed by atoms with E-state index >= 15 is 0 Å². The fraction of sp³-hybridized carbons (Fsp3) is 0.400. The lowest BCUT2D eigenvalue weighted by Crippen LogP contribution is -2.54. The quantitative estimate of drug-likeness (QED) is 0.567. The molecule has 0 radical (unpaired) electrons. The van der Waals surface area contributed by atoms with E-state index < -0.39 is 29.6 Å². The van der Waals surface area contributed by atoms with Crippen LogP contribution >= 0.6 is 11.6 Å². The highest BCUT2D eigenvalue weighted by molar-refractivity contribution is 6.30. The standard InChI is InChI=1S/C10H5ClF7NO/c11-6-3-1-5(2-4-6)7(19-20)8(12,13)9(14,15)10(16,17)18/h1-4,7H. The van der Waals surface area contributed by atoms with Crippen LogP contribution in [0.15, 0.2) is 29.4 Å². The smallest absolute Gasteiger partial charge is 0.196 e. The summed E-state index contributed by atoms with van der Waals surface area (Å²) in [6, 6.07) is 0.147. The predicted octanol–water partition coefficient (Wildman–Crippen LogP) is 4.98. The van der Waals surface area contributed by atoms with Gasteiger partial charge in [0.05, 0.1) is 0 Å². The van der Waals surface area contributed by atoms with Crippen LogP contribution in [-0.2, 0) is 0 Å². The van der Waals surface area contributed by atoms with Gasteiger partial charge in [-0.2, -0.15) is 30.7 Å². The van der Waals surface area contributed by atoms with E-state index in [-0.39, 0.29) is 5.02 Å². The largest absolute Gasteiger partial charge is 0.459 e. The maximum atomic E-state index is 13.4. The molecule has 2 nitrogen and oxygen atoms in total. The number of nitrogens with zero attached hydrogens (tertiary/aromatic N) is 1. The Morgan fingerprint density at radius 1 is 0.950 bits per heavy atom. The molecule has 1 aromatic carbocycles. The maximum Gasteiger partial charge on any atom is 0.459 e. The Labute approximate surface area is 112 Å². The van der Waals surface area contributed by atoms with E-state index in [9.17, 15) is 35.6 Å². The first kappa shape index (κ1) is 16.7. The van der Waals surface area contributed by atoms with Crippen LogP contribution in [-0.4, -0.2) is 18.0 Å². The van der Waals surface area contributed by atoms with Crippen molar-refractivity contribution in [2.75, 3.05) is 0 Å². The van der Waals surface area contributed by atoms with Gasteiger partial charge in [0.2, 0.25) is 0 Å². The van der Waals surface area contributed by atoms with Crippen molar-refractivity contribution >= 4 is 11.6 Å². The molecule has 0 N–H and O–H groups in total. The van der Waals surface area contributed by atoms with Gasteiger partial charge >= 0.3 is 18.0 Å². The Kier molecular flexibility index (Phi) is 4.33. The van der Waals surface area contributed by atoms with Gasteiger partial charge in [-0.25, -0.2) is 0 Å². The number of hydrogen-bond acceptors (Lipinski definition) is 2. The first-order valence-corrected chi connectivity index (χ1v) is 5.23. The van der Waals surface area contributed by atoms with E-state index in [1.54, 1.807) is 5.18 Å². The van der Waals surface area contributed by atoms with E-state index in [1.165, 1.54) is 0 Å². The lowest BCUT2D eigenvalue weighted by Gasteiger charge is -2.30. The zero-order valence-corrected chi connectivity index (χ0v) is 10.0. The molecule has 0 bridgehead atoms. The summed E-state index contributed by atoms with van der Waals surface area (Å²) in [7, 11) is 0. The van der Waals surface area contributed by atoms with E-state index in [0.29, 0.717) is 0 Å². The highest BCUT2D eigenvalue weighted by Gasteiger charge is 2.76. The Bertz CT molecular complexity index is 485. The van der Waals surface area contributed by atoms with Crippen LogP contribution in [0.1, 0.15) is 11.6 Å². The molecule has 1 atom stereocenters. The molecule has 1 unspecified atom stereocenters. The van der Waals surface area contributed by atoms with Gasteiger partial charge in [-0.05, 0) is 17.7 Å². The number of rotatable bonds is 4. The summed E-state index contributed by atoms with van der Waals surface area (Å²) in [6.45, 7) is 0. The summed E-state index contributed by atoms with van der Waals surface area (Å²) < 4.78 is 88.4. The SMILES string of the molecule is O=NC(c1ccc(Cl)cc1)C(F)(F)C(F)(F)C(F)(F)F. The highest BCUT2D eigenvalue weighted by atomic mass is 35.5. The summed E-state index contributed by atoms with van der Waals surface area (Å²) in [5.74, 6) is -12.1. The van der Waals surface area contributed by atoms with E-state index in [0.717, 1.165) is 24.3 Å². The fourth-order valence-electron chi connectivity index (χ4n) is 1.34. The van der Waals surface area contributed by atoms with Crippen LogP contribution < -0.4 is 0 Å². The van der Waals surface area contributed by atoms with Crippen LogP contribution in [0.3, 0.4) is 0 Å². The van der Waals surface area contributed by atoms with E-state index in [4.69, 9.17) is 11.6 Å². The van der Waals surface area contributed by atoms with Gasteiger partial charge in [0.25, 0.3) is 0 Å². The van der Waals surface area contributed by atoms with Gasteiger partial charge in [0.1, 0.15) is 0 Å². The fourth-order valence-corrected chi connectivity index (χ4v) is 1.47. The minimum absolute atomic E-state index is 0.0179. The van der Waals surface area contributed by atoms with Crippen molar-refractivity contribution in [3.63, 3.8) is 0 Å². The van der Waals surface area contributed by atoms with Crippen molar-refractivity contribution in [3.05, 3.63) is 39.8 Å². The molecule has 0 saturated carbocycles. The summed E-state index contributed by atoms with van der Waals surface area (Å²) in [6.07, 6.45) is -6.52. The molecule has 1 aromatic rings. The molecule has 0 saturated heterocycles. The molecule has 10 heteroatoms. The molecule has 20 heavy (non-hydrogen) atoms. The number of hydrogen-bond donors (Lipinski definition) is 0. The first-order valence-electron chi connectivity index (χ1n) is 4.85. The van der Waals surface area contributed by atoms with Crippen LogP contribution in [0.5, 0.6) is 0 Å². The summed E-state index contributed by atoms with van der Waals surface area (Å²) in [5, 5.41) is 1.73.